The molecule has 1 aliphatic rings. The molecule has 3 heteroatoms. The van der Waals surface area contributed by atoms with Crippen molar-refractivity contribution >= 4 is 27.3 Å². The van der Waals surface area contributed by atoms with Crippen LogP contribution in [0.25, 0.3) is 0 Å². The van der Waals surface area contributed by atoms with Crippen LogP contribution < -0.4 is 5.73 Å². The summed E-state index contributed by atoms with van der Waals surface area (Å²) in [6, 6.07) is 11.2. The third-order valence-corrected chi connectivity index (χ3v) is 6.34. The minimum Gasteiger partial charge on any atom is -0.323 e. The highest BCUT2D eigenvalue weighted by Gasteiger charge is 2.26. The van der Waals surface area contributed by atoms with Crippen LogP contribution in [0.2, 0.25) is 0 Å². The van der Waals surface area contributed by atoms with Crippen molar-refractivity contribution < 1.29 is 0 Å². The molecule has 2 atom stereocenters. The maximum atomic E-state index is 6.50. The predicted octanol–water partition coefficient (Wildman–Crippen LogP) is 4.62. The molecule has 2 unspecified atom stereocenters. The maximum absolute atomic E-state index is 6.50. The fourth-order valence-electron chi connectivity index (χ4n) is 2.91. The molecule has 1 nitrogen and oxygen atoms in total. The molecule has 2 N–H and O–H groups in total. The highest BCUT2D eigenvalue weighted by Crippen LogP contribution is 2.38. The minimum absolute atomic E-state index is 0.170. The molecule has 1 aliphatic carbocycles. The third-order valence-electron chi connectivity index (χ3n) is 4.10. The summed E-state index contributed by atoms with van der Waals surface area (Å²) in [6.07, 6.45) is 3.48. The van der Waals surface area contributed by atoms with Crippen LogP contribution in [0.15, 0.2) is 34.1 Å². The number of hydrogen-bond donors (Lipinski definition) is 1. The summed E-state index contributed by atoms with van der Waals surface area (Å²) in [5.74, 6) is 0.569. The van der Waals surface area contributed by atoms with Crippen molar-refractivity contribution in [3.05, 3.63) is 55.7 Å². The van der Waals surface area contributed by atoms with Gasteiger partial charge in [-0.2, -0.15) is 0 Å². The molecule has 0 saturated heterocycles. The van der Waals surface area contributed by atoms with Gasteiger partial charge in [0.15, 0.2) is 0 Å². The lowest BCUT2D eigenvalue weighted by molar-refractivity contribution is 0.386. The molecule has 2 aromatic rings. The average Bonchev–Trinajstić information content (AvgIpc) is 2.77. The first-order valence-electron chi connectivity index (χ1n) is 6.73. The molecule has 1 heterocycles. The normalized spacial score (nSPS) is 20.1. The summed E-state index contributed by atoms with van der Waals surface area (Å²) in [6.45, 7) is 2.13. The minimum atomic E-state index is 0.170. The zero-order valence-corrected chi connectivity index (χ0v) is 13.4. The fourth-order valence-corrected chi connectivity index (χ4v) is 4.58. The van der Waals surface area contributed by atoms with Crippen LogP contribution in [0.5, 0.6) is 0 Å². The van der Waals surface area contributed by atoms with Crippen LogP contribution in [0.4, 0.5) is 0 Å². The van der Waals surface area contributed by atoms with E-state index >= 15 is 0 Å². The Morgan fingerprint density at radius 2 is 2.05 bits per heavy atom. The highest BCUT2D eigenvalue weighted by atomic mass is 79.9. The monoisotopic (exact) mass is 335 g/mol. The van der Waals surface area contributed by atoms with Gasteiger partial charge in [0, 0.05) is 10.9 Å². The Bertz CT molecular complexity index is 571. The van der Waals surface area contributed by atoms with E-state index in [0.29, 0.717) is 5.92 Å². The van der Waals surface area contributed by atoms with Crippen molar-refractivity contribution in [1.82, 2.24) is 0 Å². The number of nitrogens with two attached hydrogens (primary N) is 1. The van der Waals surface area contributed by atoms with Crippen LogP contribution in [0.3, 0.4) is 0 Å². The van der Waals surface area contributed by atoms with Gasteiger partial charge in [-0.3, -0.25) is 0 Å². The molecule has 0 fully saturated rings. The van der Waals surface area contributed by atoms with E-state index in [0.717, 1.165) is 6.42 Å². The van der Waals surface area contributed by atoms with E-state index in [9.17, 15) is 0 Å². The Kier molecular flexibility index (Phi) is 3.79. The van der Waals surface area contributed by atoms with Crippen LogP contribution in [0.1, 0.15) is 34.0 Å². The molecule has 1 aromatic heterocycles. The van der Waals surface area contributed by atoms with E-state index in [1.165, 1.54) is 38.2 Å². The van der Waals surface area contributed by atoms with E-state index in [1.807, 2.05) is 0 Å². The molecule has 0 amide bonds. The largest absolute Gasteiger partial charge is 0.323 e. The summed E-state index contributed by atoms with van der Waals surface area (Å²) in [7, 11) is 0. The van der Waals surface area contributed by atoms with Gasteiger partial charge >= 0.3 is 0 Å². The van der Waals surface area contributed by atoms with Gasteiger partial charge in [-0.25, -0.2) is 0 Å². The number of halogens is 1. The van der Waals surface area contributed by atoms with E-state index in [4.69, 9.17) is 5.73 Å². The topological polar surface area (TPSA) is 26.0 Å². The maximum Gasteiger partial charge on any atom is 0.0731 e. The molecule has 0 aliphatic heterocycles. The van der Waals surface area contributed by atoms with Crippen molar-refractivity contribution in [3.63, 3.8) is 0 Å². The van der Waals surface area contributed by atoms with Crippen LogP contribution in [-0.4, -0.2) is 0 Å². The van der Waals surface area contributed by atoms with Crippen LogP contribution >= 0.6 is 27.3 Å². The highest BCUT2D eigenvalue weighted by molar-refractivity contribution is 9.11. The molecular weight excluding hydrogens is 318 g/mol. The Morgan fingerprint density at radius 3 is 2.74 bits per heavy atom. The quantitative estimate of drug-likeness (QED) is 0.851. The van der Waals surface area contributed by atoms with Gasteiger partial charge in [-0.05, 0) is 70.8 Å². The molecule has 3 rings (SSSR count). The number of fused-ring (bicyclic) bond motifs is 1. The van der Waals surface area contributed by atoms with Gasteiger partial charge in [-0.15, -0.1) is 11.3 Å². The average molecular weight is 336 g/mol. The van der Waals surface area contributed by atoms with E-state index in [-0.39, 0.29) is 6.04 Å². The second-order valence-corrected chi connectivity index (χ2v) is 7.80. The van der Waals surface area contributed by atoms with E-state index in [2.05, 4.69) is 53.2 Å². The SMILES string of the molecule is Cc1cc(C(N)C2CCc3ccccc3C2)sc1Br. The lowest BCUT2D eigenvalue weighted by atomic mass is 9.80. The smallest absolute Gasteiger partial charge is 0.0731 e. The van der Waals surface area contributed by atoms with Crippen molar-refractivity contribution in [2.45, 2.75) is 32.2 Å². The Labute approximate surface area is 127 Å². The molecule has 100 valence electrons. The Balaban J connectivity index is 1.81. The Hall–Kier alpha value is -0.640. The fraction of sp³-hybridized carbons (Fsp3) is 0.375. The van der Waals surface area contributed by atoms with Gasteiger partial charge in [-0.1, -0.05) is 24.3 Å². The van der Waals surface area contributed by atoms with Crippen molar-refractivity contribution in [2.75, 3.05) is 0 Å². The first kappa shape index (κ1) is 13.3. The second kappa shape index (κ2) is 5.39. The Morgan fingerprint density at radius 1 is 1.32 bits per heavy atom. The number of rotatable bonds is 2. The van der Waals surface area contributed by atoms with Crippen molar-refractivity contribution in [2.24, 2.45) is 11.7 Å². The summed E-state index contributed by atoms with van der Waals surface area (Å²) >= 11 is 5.39. The van der Waals surface area contributed by atoms with Crippen molar-refractivity contribution in [3.8, 4) is 0 Å². The second-order valence-electron chi connectivity index (χ2n) is 5.40. The summed E-state index contributed by atoms with van der Waals surface area (Å²) in [4.78, 5) is 1.31. The first-order valence-corrected chi connectivity index (χ1v) is 8.34. The van der Waals surface area contributed by atoms with Crippen LogP contribution in [0, 0.1) is 12.8 Å². The van der Waals surface area contributed by atoms with Gasteiger partial charge < -0.3 is 5.73 Å². The lowest BCUT2D eigenvalue weighted by Crippen LogP contribution is -2.26. The third kappa shape index (κ3) is 2.64. The van der Waals surface area contributed by atoms with E-state index < -0.39 is 0 Å². The molecule has 0 spiro atoms. The van der Waals surface area contributed by atoms with Crippen LogP contribution in [-0.2, 0) is 12.8 Å². The molecular formula is C16H18BrNS. The standard InChI is InChI=1S/C16H18BrNS/c1-10-8-14(19-16(10)17)15(18)13-7-6-11-4-2-3-5-12(11)9-13/h2-5,8,13,15H,6-7,9,18H2,1H3. The lowest BCUT2D eigenvalue weighted by Gasteiger charge is -2.28. The predicted molar refractivity (Wildman–Crippen MR) is 85.6 cm³/mol. The van der Waals surface area contributed by atoms with Gasteiger partial charge in [0.1, 0.15) is 0 Å². The molecule has 1 aromatic carbocycles. The van der Waals surface area contributed by atoms with Gasteiger partial charge in [0.2, 0.25) is 0 Å². The van der Waals surface area contributed by atoms with Crippen molar-refractivity contribution in [1.29, 1.82) is 0 Å². The zero-order valence-electron chi connectivity index (χ0n) is 11.0. The summed E-state index contributed by atoms with van der Waals surface area (Å²) in [5.41, 5.74) is 10.8. The number of aryl methyl sites for hydroxylation is 2. The molecule has 0 bridgehead atoms. The molecule has 0 radical (unpaired) electrons. The molecule has 19 heavy (non-hydrogen) atoms. The number of thiophene rings is 1. The summed E-state index contributed by atoms with van der Waals surface area (Å²) < 4.78 is 1.22. The van der Waals surface area contributed by atoms with Gasteiger partial charge in [0.05, 0.1) is 3.79 Å². The zero-order chi connectivity index (χ0) is 13.4. The first-order chi connectivity index (χ1) is 9.15. The summed E-state index contributed by atoms with van der Waals surface area (Å²) in [5, 5.41) is 0. The van der Waals surface area contributed by atoms with E-state index in [1.54, 1.807) is 11.3 Å². The number of hydrogen-bond acceptors (Lipinski definition) is 2. The number of benzene rings is 1. The molecule has 0 saturated carbocycles. The van der Waals surface area contributed by atoms with Gasteiger partial charge in [0.25, 0.3) is 0 Å².